The van der Waals surface area contributed by atoms with Crippen molar-refractivity contribution in [3.8, 4) is 0 Å². The third-order valence-electron chi connectivity index (χ3n) is 3.49. The fraction of sp³-hybridized carbons (Fsp3) is 0.562. The molecular weight excluding hydrogens is 238 g/mol. The molecule has 3 nitrogen and oxygen atoms in total. The van der Waals surface area contributed by atoms with Gasteiger partial charge in [0, 0.05) is 6.42 Å². The summed E-state index contributed by atoms with van der Waals surface area (Å²) < 4.78 is 5.33. The van der Waals surface area contributed by atoms with Crippen molar-refractivity contribution < 1.29 is 9.53 Å². The van der Waals surface area contributed by atoms with Crippen molar-refractivity contribution in [3.63, 3.8) is 0 Å². The number of rotatable bonds is 5. The van der Waals surface area contributed by atoms with Crippen LogP contribution in [0, 0.1) is 13.8 Å². The van der Waals surface area contributed by atoms with Gasteiger partial charge >= 0.3 is 5.97 Å². The van der Waals surface area contributed by atoms with Gasteiger partial charge in [0.1, 0.15) is 5.54 Å². The quantitative estimate of drug-likeness (QED) is 0.831. The van der Waals surface area contributed by atoms with Gasteiger partial charge in [-0.15, -0.1) is 0 Å². The number of carbonyl (C=O) groups is 1. The van der Waals surface area contributed by atoms with Gasteiger partial charge in [0.2, 0.25) is 0 Å². The summed E-state index contributed by atoms with van der Waals surface area (Å²) in [7, 11) is 0. The van der Waals surface area contributed by atoms with Crippen LogP contribution in [0.4, 0.5) is 0 Å². The van der Waals surface area contributed by atoms with E-state index in [2.05, 4.69) is 26.0 Å². The first-order valence-corrected chi connectivity index (χ1v) is 6.82. The summed E-state index contributed by atoms with van der Waals surface area (Å²) in [5.74, 6) is -0.333. The van der Waals surface area contributed by atoms with E-state index in [4.69, 9.17) is 10.5 Å². The van der Waals surface area contributed by atoms with Gasteiger partial charge in [0.25, 0.3) is 0 Å². The van der Waals surface area contributed by atoms with Gasteiger partial charge in [0.05, 0.1) is 6.10 Å². The topological polar surface area (TPSA) is 52.3 Å². The highest BCUT2D eigenvalue weighted by Crippen LogP contribution is 2.17. The molecule has 19 heavy (non-hydrogen) atoms. The van der Waals surface area contributed by atoms with E-state index in [9.17, 15) is 4.79 Å². The molecule has 2 N–H and O–H groups in total. The Morgan fingerprint density at radius 3 is 2.53 bits per heavy atom. The molecule has 2 atom stereocenters. The second kappa shape index (κ2) is 6.20. The molecule has 0 amide bonds. The van der Waals surface area contributed by atoms with Crippen LogP contribution in [-0.4, -0.2) is 17.6 Å². The Morgan fingerprint density at radius 2 is 2.00 bits per heavy atom. The van der Waals surface area contributed by atoms with E-state index in [0.717, 1.165) is 12.0 Å². The molecular formula is C16H25NO2. The third-order valence-corrected chi connectivity index (χ3v) is 3.49. The molecule has 3 heteroatoms. The Balaban J connectivity index is 2.77. The zero-order valence-corrected chi connectivity index (χ0v) is 12.6. The Morgan fingerprint density at radius 1 is 1.37 bits per heavy atom. The second-order valence-corrected chi connectivity index (χ2v) is 5.64. The van der Waals surface area contributed by atoms with Crippen molar-refractivity contribution in [1.82, 2.24) is 0 Å². The highest BCUT2D eigenvalue weighted by molar-refractivity contribution is 5.80. The zero-order chi connectivity index (χ0) is 14.6. The van der Waals surface area contributed by atoms with E-state index >= 15 is 0 Å². The maximum atomic E-state index is 12.0. The third kappa shape index (κ3) is 4.35. The van der Waals surface area contributed by atoms with Crippen LogP contribution >= 0.6 is 0 Å². The Hall–Kier alpha value is -1.35. The number of carbonyl (C=O) groups excluding carboxylic acids is 1. The molecule has 0 saturated heterocycles. The molecule has 1 aromatic carbocycles. The van der Waals surface area contributed by atoms with E-state index < -0.39 is 5.54 Å². The fourth-order valence-electron chi connectivity index (χ4n) is 1.81. The lowest BCUT2D eigenvalue weighted by Gasteiger charge is -2.25. The summed E-state index contributed by atoms with van der Waals surface area (Å²) >= 11 is 0. The Labute approximate surface area is 116 Å². The lowest BCUT2D eigenvalue weighted by molar-refractivity contribution is -0.154. The van der Waals surface area contributed by atoms with Gasteiger partial charge in [-0.3, -0.25) is 4.79 Å². The van der Waals surface area contributed by atoms with Crippen LogP contribution in [0.2, 0.25) is 0 Å². The maximum Gasteiger partial charge on any atom is 0.326 e. The molecule has 1 aromatic rings. The molecule has 0 bridgehead atoms. The first-order valence-electron chi connectivity index (χ1n) is 6.82. The van der Waals surface area contributed by atoms with E-state index in [1.807, 2.05) is 19.9 Å². The van der Waals surface area contributed by atoms with Gasteiger partial charge < -0.3 is 10.5 Å². The summed E-state index contributed by atoms with van der Waals surface area (Å²) in [6, 6.07) is 6.15. The van der Waals surface area contributed by atoms with Gasteiger partial charge in [0.15, 0.2) is 0 Å². The highest BCUT2D eigenvalue weighted by Gasteiger charge is 2.31. The van der Waals surface area contributed by atoms with Crippen LogP contribution in [0.5, 0.6) is 0 Å². The molecule has 1 rings (SSSR count). The molecule has 0 fully saturated rings. The minimum Gasteiger partial charge on any atom is -0.461 e. The van der Waals surface area contributed by atoms with Crippen LogP contribution in [0.15, 0.2) is 18.2 Å². The minimum absolute atomic E-state index is 0.0878. The maximum absolute atomic E-state index is 12.0. The predicted molar refractivity (Wildman–Crippen MR) is 78.1 cm³/mol. The Bertz CT molecular complexity index is 452. The largest absolute Gasteiger partial charge is 0.461 e. The summed E-state index contributed by atoms with van der Waals surface area (Å²) in [6.07, 6.45) is 1.20. The van der Waals surface area contributed by atoms with Crippen molar-refractivity contribution in [3.05, 3.63) is 34.9 Å². The molecule has 0 radical (unpaired) electrons. The van der Waals surface area contributed by atoms with Crippen LogP contribution in [0.1, 0.15) is 43.9 Å². The molecule has 0 saturated carbocycles. The summed E-state index contributed by atoms with van der Waals surface area (Å²) in [4.78, 5) is 12.0. The standard InChI is InChI=1S/C16H25NO2/c1-6-13(4)19-15(18)16(5,17)10-14-8-7-11(2)12(3)9-14/h7-9,13H,6,10,17H2,1-5H3. The smallest absolute Gasteiger partial charge is 0.326 e. The van der Waals surface area contributed by atoms with Crippen molar-refractivity contribution >= 4 is 5.97 Å². The average molecular weight is 263 g/mol. The molecule has 0 aromatic heterocycles. The normalized spacial score (nSPS) is 15.7. The lowest BCUT2D eigenvalue weighted by Crippen LogP contribution is -2.49. The van der Waals surface area contributed by atoms with E-state index in [-0.39, 0.29) is 12.1 Å². The Kier molecular flexibility index (Phi) is 5.12. The number of nitrogens with two attached hydrogens (primary N) is 1. The number of esters is 1. The minimum atomic E-state index is -0.981. The van der Waals surface area contributed by atoms with Crippen LogP contribution in [0.25, 0.3) is 0 Å². The van der Waals surface area contributed by atoms with Crippen LogP contribution < -0.4 is 5.73 Å². The van der Waals surface area contributed by atoms with E-state index in [1.54, 1.807) is 6.92 Å². The molecule has 0 spiro atoms. The SMILES string of the molecule is CCC(C)OC(=O)C(C)(N)Cc1ccc(C)c(C)c1. The van der Waals surface area contributed by atoms with Crippen molar-refractivity contribution in [2.75, 3.05) is 0 Å². The van der Waals surface area contributed by atoms with E-state index in [0.29, 0.717) is 6.42 Å². The van der Waals surface area contributed by atoms with Crippen LogP contribution in [-0.2, 0) is 16.0 Å². The van der Waals surface area contributed by atoms with Crippen molar-refractivity contribution in [1.29, 1.82) is 0 Å². The number of benzene rings is 1. The van der Waals surface area contributed by atoms with Gasteiger partial charge in [-0.1, -0.05) is 25.1 Å². The van der Waals surface area contributed by atoms with E-state index in [1.165, 1.54) is 11.1 Å². The molecule has 106 valence electrons. The summed E-state index contributed by atoms with van der Waals surface area (Å²) in [6.45, 7) is 9.72. The zero-order valence-electron chi connectivity index (χ0n) is 12.6. The van der Waals surface area contributed by atoms with Gasteiger partial charge in [-0.2, -0.15) is 0 Å². The fourth-order valence-corrected chi connectivity index (χ4v) is 1.81. The molecule has 2 unspecified atom stereocenters. The summed E-state index contributed by atoms with van der Waals surface area (Å²) in [5, 5.41) is 0. The lowest BCUT2D eigenvalue weighted by atomic mass is 9.92. The van der Waals surface area contributed by atoms with Crippen LogP contribution in [0.3, 0.4) is 0 Å². The molecule has 0 aliphatic carbocycles. The van der Waals surface area contributed by atoms with Gasteiger partial charge in [-0.25, -0.2) is 0 Å². The van der Waals surface area contributed by atoms with Gasteiger partial charge in [-0.05, 0) is 50.8 Å². The van der Waals surface area contributed by atoms with Crippen molar-refractivity contribution in [2.45, 2.75) is 59.1 Å². The number of aryl methyl sites for hydroxylation is 2. The number of ether oxygens (including phenoxy) is 1. The predicted octanol–water partition coefficient (Wildman–Crippen LogP) is 2.91. The second-order valence-electron chi connectivity index (χ2n) is 5.64. The molecule has 0 aliphatic rings. The highest BCUT2D eigenvalue weighted by atomic mass is 16.5. The number of hydrogen-bond donors (Lipinski definition) is 1. The first kappa shape index (κ1) is 15.7. The van der Waals surface area contributed by atoms with Crippen molar-refractivity contribution in [2.24, 2.45) is 5.73 Å². The molecule has 0 heterocycles. The number of hydrogen-bond acceptors (Lipinski definition) is 3. The first-order chi connectivity index (χ1) is 8.76. The summed E-state index contributed by atoms with van der Waals surface area (Å²) in [5.41, 5.74) is 8.64. The average Bonchev–Trinajstić information content (AvgIpc) is 2.33. The monoisotopic (exact) mass is 263 g/mol. The molecule has 0 aliphatic heterocycles.